The fraction of sp³-hybridized carbons (Fsp3) is 0.650. The SMILES string of the molecule is COc1cc(CN2CCCC(CNC(=O)C3CCCN3)C2)ccc1SC.Cl. The molecule has 2 N–H and O–H groups in total. The predicted molar refractivity (Wildman–Crippen MR) is 114 cm³/mol. The van der Waals surface area contributed by atoms with Gasteiger partial charge in [-0.05, 0) is 68.6 Å². The molecule has 0 radical (unpaired) electrons. The average molecular weight is 414 g/mol. The van der Waals surface area contributed by atoms with E-state index in [1.165, 1.54) is 23.3 Å². The molecule has 1 amide bonds. The second-order valence-corrected chi connectivity index (χ2v) is 8.17. The summed E-state index contributed by atoms with van der Waals surface area (Å²) in [6.45, 7) is 4.88. The Bertz CT molecular complexity index is 611. The Kier molecular flexibility index (Phi) is 9.22. The molecule has 0 aliphatic carbocycles. The van der Waals surface area contributed by atoms with Gasteiger partial charge in [0.05, 0.1) is 13.2 Å². The minimum atomic E-state index is 0. The molecule has 2 aliphatic rings. The fourth-order valence-electron chi connectivity index (χ4n) is 3.98. The smallest absolute Gasteiger partial charge is 0.237 e. The van der Waals surface area contributed by atoms with E-state index in [1.54, 1.807) is 18.9 Å². The van der Waals surface area contributed by atoms with Gasteiger partial charge in [0.15, 0.2) is 0 Å². The number of nitrogens with one attached hydrogen (secondary N) is 2. The standard InChI is InChI=1S/C20H31N3O2S.ClH/c1-25-18-11-15(7-8-19(18)26-2)13-23-10-4-5-16(14-23)12-22-20(24)17-6-3-9-21-17;/h7-8,11,16-17,21H,3-6,9-10,12-14H2,1-2H3,(H,22,24);1H. The van der Waals surface area contributed by atoms with Gasteiger partial charge in [-0.2, -0.15) is 0 Å². The lowest BCUT2D eigenvalue weighted by Gasteiger charge is -2.33. The van der Waals surface area contributed by atoms with Crippen LogP contribution in [0, 0.1) is 5.92 Å². The van der Waals surface area contributed by atoms with Crippen molar-refractivity contribution in [2.75, 3.05) is 39.5 Å². The van der Waals surface area contributed by atoms with E-state index in [0.29, 0.717) is 5.92 Å². The van der Waals surface area contributed by atoms with Crippen LogP contribution in [0.2, 0.25) is 0 Å². The van der Waals surface area contributed by atoms with Crippen molar-refractivity contribution < 1.29 is 9.53 Å². The summed E-state index contributed by atoms with van der Waals surface area (Å²) in [4.78, 5) is 15.9. The van der Waals surface area contributed by atoms with Crippen LogP contribution in [-0.4, -0.2) is 56.4 Å². The van der Waals surface area contributed by atoms with Crippen molar-refractivity contribution in [3.8, 4) is 5.75 Å². The van der Waals surface area contributed by atoms with Crippen LogP contribution < -0.4 is 15.4 Å². The first-order chi connectivity index (χ1) is 12.7. The number of carbonyl (C=O) groups excluding carboxylic acids is 1. The molecule has 1 aromatic carbocycles. The molecule has 0 spiro atoms. The highest BCUT2D eigenvalue weighted by Gasteiger charge is 2.24. The predicted octanol–water partition coefficient (Wildman–Crippen LogP) is 2.92. The van der Waals surface area contributed by atoms with Gasteiger partial charge in [0.2, 0.25) is 5.91 Å². The van der Waals surface area contributed by atoms with Gasteiger partial charge in [0.1, 0.15) is 5.75 Å². The Labute approximate surface area is 173 Å². The lowest BCUT2D eigenvalue weighted by Crippen LogP contribution is -2.45. The van der Waals surface area contributed by atoms with Crippen molar-refractivity contribution in [1.29, 1.82) is 0 Å². The molecule has 0 aromatic heterocycles. The summed E-state index contributed by atoms with van der Waals surface area (Å²) in [5, 5.41) is 6.43. The number of carbonyl (C=O) groups is 1. The minimum Gasteiger partial charge on any atom is -0.496 e. The molecular weight excluding hydrogens is 382 g/mol. The van der Waals surface area contributed by atoms with Crippen LogP contribution in [-0.2, 0) is 11.3 Å². The van der Waals surface area contributed by atoms with Crippen LogP contribution in [0.25, 0.3) is 0 Å². The molecule has 5 nitrogen and oxygen atoms in total. The highest BCUT2D eigenvalue weighted by atomic mass is 35.5. The molecule has 2 unspecified atom stereocenters. The van der Waals surface area contributed by atoms with Crippen molar-refractivity contribution in [3.63, 3.8) is 0 Å². The summed E-state index contributed by atoms with van der Waals surface area (Å²) in [7, 11) is 1.73. The van der Waals surface area contributed by atoms with Crippen molar-refractivity contribution in [3.05, 3.63) is 23.8 Å². The molecule has 152 valence electrons. The number of thioether (sulfide) groups is 1. The fourth-order valence-corrected chi connectivity index (χ4v) is 4.52. The van der Waals surface area contributed by atoms with Gasteiger partial charge in [0, 0.05) is 24.5 Å². The molecule has 1 aromatic rings. The Morgan fingerprint density at radius 2 is 2.22 bits per heavy atom. The van der Waals surface area contributed by atoms with Crippen LogP contribution in [0.15, 0.2) is 23.1 Å². The Balaban J connectivity index is 0.00000261. The summed E-state index contributed by atoms with van der Waals surface area (Å²) in [6.07, 6.45) is 6.54. The number of halogens is 1. The number of benzene rings is 1. The largest absolute Gasteiger partial charge is 0.496 e. The zero-order valence-corrected chi connectivity index (χ0v) is 18.0. The van der Waals surface area contributed by atoms with E-state index in [-0.39, 0.29) is 24.4 Å². The number of nitrogens with zero attached hydrogens (tertiary/aromatic N) is 1. The van der Waals surface area contributed by atoms with Crippen molar-refractivity contribution in [1.82, 2.24) is 15.5 Å². The third-order valence-electron chi connectivity index (χ3n) is 5.40. The second kappa shape index (κ2) is 11.1. The van der Waals surface area contributed by atoms with E-state index < -0.39 is 0 Å². The topological polar surface area (TPSA) is 53.6 Å². The van der Waals surface area contributed by atoms with Crippen LogP contribution in [0.5, 0.6) is 5.75 Å². The molecule has 3 rings (SSSR count). The normalized spacial score (nSPS) is 22.9. The number of likely N-dealkylation sites (tertiary alicyclic amines) is 1. The maximum absolute atomic E-state index is 12.2. The van der Waals surface area contributed by atoms with E-state index in [2.05, 4.69) is 40.0 Å². The molecule has 2 heterocycles. The number of rotatable bonds is 7. The molecule has 2 aliphatic heterocycles. The van der Waals surface area contributed by atoms with Gasteiger partial charge in [0.25, 0.3) is 0 Å². The average Bonchev–Trinajstić information content (AvgIpc) is 3.21. The molecule has 0 bridgehead atoms. The van der Waals surface area contributed by atoms with E-state index in [0.717, 1.165) is 51.3 Å². The molecule has 2 saturated heterocycles. The molecule has 2 fully saturated rings. The summed E-state index contributed by atoms with van der Waals surface area (Å²) in [5.74, 6) is 1.68. The maximum Gasteiger partial charge on any atom is 0.237 e. The van der Waals surface area contributed by atoms with E-state index in [4.69, 9.17) is 4.74 Å². The lowest BCUT2D eigenvalue weighted by molar-refractivity contribution is -0.123. The Hall–Kier alpha value is -0.950. The molecule has 0 saturated carbocycles. The van der Waals surface area contributed by atoms with Gasteiger partial charge in [-0.1, -0.05) is 6.07 Å². The van der Waals surface area contributed by atoms with Gasteiger partial charge in [-0.25, -0.2) is 0 Å². The van der Waals surface area contributed by atoms with Crippen molar-refractivity contribution in [2.45, 2.75) is 43.2 Å². The summed E-state index contributed by atoms with van der Waals surface area (Å²) in [5.41, 5.74) is 1.29. The summed E-state index contributed by atoms with van der Waals surface area (Å²) >= 11 is 1.71. The van der Waals surface area contributed by atoms with Crippen LogP contribution in [0.3, 0.4) is 0 Å². The molecule has 7 heteroatoms. The van der Waals surface area contributed by atoms with Gasteiger partial charge in [-0.15, -0.1) is 24.2 Å². The number of hydrogen-bond acceptors (Lipinski definition) is 5. The zero-order valence-electron chi connectivity index (χ0n) is 16.3. The highest BCUT2D eigenvalue weighted by molar-refractivity contribution is 7.98. The third-order valence-corrected chi connectivity index (χ3v) is 6.18. The number of piperidine rings is 1. The van der Waals surface area contributed by atoms with Crippen LogP contribution in [0.4, 0.5) is 0 Å². The van der Waals surface area contributed by atoms with Gasteiger partial charge in [-0.3, -0.25) is 9.69 Å². The van der Waals surface area contributed by atoms with E-state index in [1.807, 2.05) is 0 Å². The minimum absolute atomic E-state index is 0. The first-order valence-electron chi connectivity index (χ1n) is 9.64. The number of methoxy groups -OCH3 is 1. The first kappa shape index (κ1) is 22.3. The zero-order chi connectivity index (χ0) is 18.4. The highest BCUT2D eigenvalue weighted by Crippen LogP contribution is 2.29. The number of hydrogen-bond donors (Lipinski definition) is 2. The van der Waals surface area contributed by atoms with Gasteiger partial charge < -0.3 is 15.4 Å². The van der Waals surface area contributed by atoms with Crippen molar-refractivity contribution in [2.24, 2.45) is 5.92 Å². The number of amides is 1. The maximum atomic E-state index is 12.2. The quantitative estimate of drug-likeness (QED) is 0.673. The lowest BCUT2D eigenvalue weighted by atomic mass is 9.97. The molecule has 27 heavy (non-hydrogen) atoms. The van der Waals surface area contributed by atoms with Crippen LogP contribution >= 0.6 is 24.2 Å². The monoisotopic (exact) mass is 413 g/mol. The van der Waals surface area contributed by atoms with Crippen LogP contribution in [0.1, 0.15) is 31.2 Å². The van der Waals surface area contributed by atoms with Gasteiger partial charge >= 0.3 is 0 Å². The molecular formula is C20H32ClN3O2S. The summed E-state index contributed by atoms with van der Waals surface area (Å²) < 4.78 is 5.51. The summed E-state index contributed by atoms with van der Waals surface area (Å²) in [6, 6.07) is 6.53. The van der Waals surface area contributed by atoms with E-state index >= 15 is 0 Å². The second-order valence-electron chi connectivity index (χ2n) is 7.33. The Morgan fingerprint density at radius 3 is 2.93 bits per heavy atom. The van der Waals surface area contributed by atoms with E-state index in [9.17, 15) is 4.79 Å². The number of ether oxygens (including phenoxy) is 1. The third kappa shape index (κ3) is 6.28. The first-order valence-corrected chi connectivity index (χ1v) is 10.9. The van der Waals surface area contributed by atoms with Crippen molar-refractivity contribution >= 4 is 30.1 Å². The Morgan fingerprint density at radius 1 is 1.37 bits per heavy atom. The molecule has 2 atom stereocenters.